The molecule has 1 aliphatic rings. The molecule has 0 N–H and O–H groups in total. The van der Waals surface area contributed by atoms with Crippen molar-refractivity contribution in [2.45, 2.75) is 45.6 Å². The van der Waals surface area contributed by atoms with Crippen molar-refractivity contribution in [2.75, 3.05) is 0 Å². The molecule has 25 heavy (non-hydrogen) atoms. The van der Waals surface area contributed by atoms with Gasteiger partial charge in [-0.25, -0.2) is 6.08 Å². The molecule has 136 valence electrons. The van der Waals surface area contributed by atoms with Crippen molar-refractivity contribution in [1.29, 1.82) is 0 Å². The molecule has 3 rings (SSSR count). The molecule has 0 saturated carbocycles. The largest absolute Gasteiger partial charge is 1.00 e. The smallest absolute Gasteiger partial charge is 1.00 e. The van der Waals surface area contributed by atoms with Gasteiger partial charge in [0.05, 0.1) is 0 Å². The van der Waals surface area contributed by atoms with Gasteiger partial charge in [-0.15, -0.1) is 47.0 Å². The Labute approximate surface area is 182 Å². The number of hydrogen-bond acceptors (Lipinski definition) is 0. The van der Waals surface area contributed by atoms with Gasteiger partial charge in [-0.3, -0.25) is 6.08 Å². The summed E-state index contributed by atoms with van der Waals surface area (Å²) in [6.45, 7) is 8.80. The maximum atomic E-state index is 3.16. The number of aryl methyl sites for hydroxylation is 1. The van der Waals surface area contributed by atoms with E-state index in [4.69, 9.17) is 0 Å². The fraction of sp³-hybridized carbons (Fsp3) is 0.381. The van der Waals surface area contributed by atoms with Crippen LogP contribution in [0.1, 0.15) is 32.8 Å². The summed E-state index contributed by atoms with van der Waals surface area (Å²) >= 11 is 1.80. The number of halogens is 2. The summed E-state index contributed by atoms with van der Waals surface area (Å²) in [5.41, 5.74) is 3.09. The Morgan fingerprint density at radius 2 is 1.68 bits per heavy atom. The monoisotopic (exact) mass is 514 g/mol. The van der Waals surface area contributed by atoms with Gasteiger partial charge in [0.2, 0.25) is 0 Å². The van der Waals surface area contributed by atoms with E-state index in [0.29, 0.717) is 5.41 Å². The van der Waals surface area contributed by atoms with Crippen LogP contribution in [0.25, 0.3) is 10.8 Å². The summed E-state index contributed by atoms with van der Waals surface area (Å²) in [6, 6.07) is 12.8. The third-order valence-electron chi connectivity index (χ3n) is 3.33. The van der Waals surface area contributed by atoms with Crippen molar-refractivity contribution in [1.82, 2.24) is 0 Å². The molecule has 0 nitrogen and oxygen atoms in total. The Morgan fingerprint density at radius 3 is 2.08 bits per heavy atom. The topological polar surface area (TPSA) is 0 Å². The second-order valence-corrected chi connectivity index (χ2v) is 24.1. The maximum absolute atomic E-state index is 3.16. The Balaban J connectivity index is 0. The van der Waals surface area contributed by atoms with E-state index in [0.717, 1.165) is 6.42 Å². The van der Waals surface area contributed by atoms with Crippen LogP contribution in [-0.2, 0) is 21.6 Å². The van der Waals surface area contributed by atoms with Crippen LogP contribution in [0.15, 0.2) is 54.1 Å². The Morgan fingerprint density at radius 1 is 1.12 bits per heavy atom. The molecule has 0 heterocycles. The molecule has 0 aromatic heterocycles. The third kappa shape index (κ3) is 11.6. The van der Waals surface area contributed by atoms with Crippen LogP contribution in [-0.4, -0.2) is 9.98 Å². The Bertz CT molecular complexity index is 669. The minimum atomic E-state index is -0.243. The summed E-state index contributed by atoms with van der Waals surface area (Å²) in [5.74, 6) is 4.75. The molecule has 1 aliphatic carbocycles. The molecular formula is C21H28Cl2GeZr-2. The van der Waals surface area contributed by atoms with Crippen LogP contribution in [0.4, 0.5) is 0 Å². The van der Waals surface area contributed by atoms with Gasteiger partial charge in [0, 0.05) is 0 Å². The van der Waals surface area contributed by atoms with E-state index in [1.54, 1.807) is 21.6 Å². The summed E-state index contributed by atoms with van der Waals surface area (Å²) in [4.78, 5) is 0. The number of fused-ring (bicyclic) bond motifs is 1. The average molecular weight is 515 g/mol. The fourth-order valence-electron chi connectivity index (χ4n) is 2.23. The van der Waals surface area contributed by atoms with Crippen LogP contribution in [0.5, 0.6) is 0 Å². The zero-order valence-corrected chi connectivity index (χ0v) is 22.1. The zero-order chi connectivity index (χ0) is 17.5. The van der Waals surface area contributed by atoms with Crippen LogP contribution >= 0.6 is 0 Å². The van der Waals surface area contributed by atoms with Crippen molar-refractivity contribution >= 4 is 20.7 Å². The van der Waals surface area contributed by atoms with E-state index >= 15 is 0 Å². The molecule has 2 aromatic carbocycles. The van der Waals surface area contributed by atoms with Crippen LogP contribution in [0.2, 0.25) is 11.5 Å². The first-order valence-corrected chi connectivity index (χ1v) is 19.7. The predicted molar refractivity (Wildman–Crippen MR) is 102 cm³/mol. The van der Waals surface area contributed by atoms with Gasteiger partial charge < -0.3 is 24.8 Å². The van der Waals surface area contributed by atoms with Crippen LogP contribution in [0, 0.1) is 18.4 Å². The van der Waals surface area contributed by atoms with Gasteiger partial charge >= 0.3 is 43.1 Å². The summed E-state index contributed by atoms with van der Waals surface area (Å²) in [6.07, 6.45) is 8.50. The molecule has 0 aliphatic heterocycles. The van der Waals surface area contributed by atoms with E-state index in [-0.39, 0.29) is 34.8 Å². The van der Waals surface area contributed by atoms with Gasteiger partial charge in [-0.2, -0.15) is 17.7 Å². The maximum Gasteiger partial charge on any atom is -1.00 e. The van der Waals surface area contributed by atoms with Gasteiger partial charge in [-0.05, 0) is 0 Å². The second-order valence-electron chi connectivity index (χ2n) is 7.12. The predicted octanol–water partition coefficient (Wildman–Crippen LogP) is 0.381. The van der Waals surface area contributed by atoms with Crippen molar-refractivity contribution in [3.63, 3.8) is 0 Å². The molecular weight excluding hydrogens is 487 g/mol. The Kier molecular flexibility index (Phi) is 14.8. The summed E-state index contributed by atoms with van der Waals surface area (Å²) in [5, 5.41) is 2.69. The molecule has 0 saturated heterocycles. The molecule has 0 spiro atoms. The van der Waals surface area contributed by atoms with Crippen LogP contribution < -0.4 is 24.8 Å². The molecule has 4 heteroatoms. The Hall–Kier alpha value is 0.316. The molecule has 2 aromatic rings. The van der Waals surface area contributed by atoms with Crippen LogP contribution in [0.3, 0.4) is 0 Å². The molecule has 0 radical (unpaired) electrons. The van der Waals surface area contributed by atoms with Crippen molar-refractivity contribution < 1.29 is 46.4 Å². The average Bonchev–Trinajstić information content (AvgIpc) is 3.05. The van der Waals surface area contributed by atoms with E-state index in [9.17, 15) is 0 Å². The standard InChI is InChI=1S/C10H9.C9H13.C2H6Ge.2ClH.Zr/c1-8-6-9-4-2-3-5-10(9)7-8;1-9(2,3)8-6-4-5-7-8;1-3-2;;;/h2-7H,1H3;6-7H,4H2,1-3H3;1-2H3;2*1H;/q2*-1;;;;+2/p-2. The molecule has 0 fully saturated rings. The van der Waals surface area contributed by atoms with Crippen molar-refractivity contribution in [3.05, 3.63) is 65.8 Å². The number of allylic oxidation sites excluding steroid dienone is 4. The zero-order valence-electron chi connectivity index (χ0n) is 16.1. The van der Waals surface area contributed by atoms with Gasteiger partial charge in [0.1, 0.15) is 0 Å². The number of rotatable bonds is 0. The quantitative estimate of drug-likeness (QED) is 0.352. The number of benzene rings is 1. The normalized spacial score (nSPS) is 11.9. The van der Waals surface area contributed by atoms with E-state index in [2.05, 4.69) is 93.8 Å². The van der Waals surface area contributed by atoms with Crippen molar-refractivity contribution in [2.24, 2.45) is 5.41 Å². The van der Waals surface area contributed by atoms with Gasteiger partial charge in [0.25, 0.3) is 0 Å². The minimum absolute atomic E-state index is 0. The fourth-order valence-corrected chi connectivity index (χ4v) is 2.23. The molecule has 0 unspecified atom stereocenters. The summed E-state index contributed by atoms with van der Waals surface area (Å²) in [7, 11) is -0.243. The molecule has 0 amide bonds. The third-order valence-corrected chi connectivity index (χ3v) is 3.33. The molecule has 0 bridgehead atoms. The first-order chi connectivity index (χ1) is 10.7. The van der Waals surface area contributed by atoms with Crippen molar-refractivity contribution in [3.8, 4) is 0 Å². The van der Waals surface area contributed by atoms with E-state index < -0.39 is 0 Å². The first-order valence-electron chi connectivity index (χ1n) is 8.11. The van der Waals surface area contributed by atoms with E-state index in [1.807, 2.05) is 0 Å². The minimum Gasteiger partial charge on any atom is -1.00 e. The van der Waals surface area contributed by atoms with Gasteiger partial charge in [0.15, 0.2) is 0 Å². The number of hydrogen-bond donors (Lipinski definition) is 0. The molecule has 0 atom stereocenters. The SMILES string of the molecule is CC(C)(C)C1=CC[C-]=C1.Cc1cc2ccccc2[cH-]1.[CH3][Ge]([CH3])=[Zr+2].[Cl-].[Cl-]. The van der Waals surface area contributed by atoms with Gasteiger partial charge in [-0.1, -0.05) is 39.2 Å². The second kappa shape index (κ2) is 13.5. The first kappa shape index (κ1) is 27.5. The summed E-state index contributed by atoms with van der Waals surface area (Å²) < 4.78 is 0. The van der Waals surface area contributed by atoms with E-state index in [1.165, 1.54) is 21.9 Å².